The second-order valence-corrected chi connectivity index (χ2v) is 5.82. The molecule has 0 aliphatic carbocycles. The van der Waals surface area contributed by atoms with E-state index in [1.165, 1.54) is 12.1 Å². The van der Waals surface area contributed by atoms with Crippen molar-refractivity contribution >= 4 is 11.8 Å². The second kappa shape index (κ2) is 8.97. The maximum Gasteiger partial charge on any atom is 0.242 e. The minimum atomic E-state index is -0.620. The molecule has 0 saturated carbocycles. The molecule has 2 rings (SSSR count). The Morgan fingerprint density at radius 3 is 2.24 bits per heavy atom. The van der Waals surface area contributed by atoms with Crippen molar-refractivity contribution in [2.24, 2.45) is 0 Å². The molecule has 0 saturated heterocycles. The van der Waals surface area contributed by atoms with Crippen molar-refractivity contribution in [3.05, 3.63) is 71.5 Å². The van der Waals surface area contributed by atoms with E-state index < -0.39 is 6.04 Å². The second-order valence-electron chi connectivity index (χ2n) is 5.82. The number of carbonyl (C=O) groups is 2. The summed E-state index contributed by atoms with van der Waals surface area (Å²) >= 11 is 0. The van der Waals surface area contributed by atoms with Gasteiger partial charge in [-0.2, -0.15) is 0 Å². The van der Waals surface area contributed by atoms with Gasteiger partial charge in [-0.15, -0.1) is 0 Å². The van der Waals surface area contributed by atoms with Crippen molar-refractivity contribution in [2.75, 3.05) is 7.05 Å². The minimum Gasteiger partial charge on any atom is -0.357 e. The third kappa shape index (κ3) is 5.14. The zero-order valence-electron chi connectivity index (χ0n) is 14.5. The Labute approximate surface area is 147 Å². The molecule has 0 unspecified atom stereocenters. The molecule has 5 heteroatoms. The number of benzene rings is 2. The maximum absolute atomic E-state index is 13.1. The first-order valence-corrected chi connectivity index (χ1v) is 8.34. The lowest BCUT2D eigenvalue weighted by molar-refractivity contribution is -0.140. The van der Waals surface area contributed by atoms with E-state index in [0.717, 1.165) is 11.1 Å². The Kier molecular flexibility index (Phi) is 6.69. The van der Waals surface area contributed by atoms with E-state index in [2.05, 4.69) is 5.32 Å². The van der Waals surface area contributed by atoms with Crippen molar-refractivity contribution in [1.82, 2.24) is 10.2 Å². The lowest BCUT2D eigenvalue weighted by Crippen LogP contribution is -2.49. The summed E-state index contributed by atoms with van der Waals surface area (Å²) in [4.78, 5) is 26.5. The topological polar surface area (TPSA) is 49.4 Å². The Balaban J connectivity index is 2.30. The van der Waals surface area contributed by atoms with E-state index in [1.54, 1.807) is 31.0 Å². The van der Waals surface area contributed by atoms with Crippen LogP contribution in [0.2, 0.25) is 0 Å². The first-order valence-electron chi connectivity index (χ1n) is 8.34. The third-order valence-corrected chi connectivity index (χ3v) is 4.09. The Morgan fingerprint density at radius 2 is 1.68 bits per heavy atom. The van der Waals surface area contributed by atoms with Crippen LogP contribution in [0, 0.1) is 5.82 Å². The fourth-order valence-corrected chi connectivity index (χ4v) is 2.71. The van der Waals surface area contributed by atoms with Crippen LogP contribution in [0.15, 0.2) is 54.6 Å². The van der Waals surface area contributed by atoms with Crippen molar-refractivity contribution in [1.29, 1.82) is 0 Å². The molecule has 2 amide bonds. The number of hydrogen-bond acceptors (Lipinski definition) is 2. The predicted octanol–water partition coefficient (Wildman–Crippen LogP) is 2.92. The fraction of sp³-hybridized carbons (Fsp3) is 0.300. The van der Waals surface area contributed by atoms with Gasteiger partial charge in [0.05, 0.1) is 0 Å². The van der Waals surface area contributed by atoms with Gasteiger partial charge in [-0.1, -0.05) is 49.4 Å². The van der Waals surface area contributed by atoms with Crippen LogP contribution >= 0.6 is 0 Å². The molecule has 0 aromatic heterocycles. The van der Waals surface area contributed by atoms with Crippen LogP contribution in [0.3, 0.4) is 0 Å². The van der Waals surface area contributed by atoms with Crippen molar-refractivity contribution in [3.63, 3.8) is 0 Å². The minimum absolute atomic E-state index is 0.117. The average Bonchev–Trinajstić information content (AvgIpc) is 2.65. The number of nitrogens with zero attached hydrogens (tertiary/aromatic N) is 1. The first-order chi connectivity index (χ1) is 12.0. The van der Waals surface area contributed by atoms with Gasteiger partial charge in [-0.25, -0.2) is 4.39 Å². The molecule has 1 N–H and O–H groups in total. The van der Waals surface area contributed by atoms with Crippen LogP contribution < -0.4 is 5.32 Å². The van der Waals surface area contributed by atoms with Crippen LogP contribution in [-0.4, -0.2) is 29.8 Å². The number of carbonyl (C=O) groups excluding carboxylic acids is 2. The van der Waals surface area contributed by atoms with E-state index in [9.17, 15) is 14.0 Å². The molecule has 0 radical (unpaired) electrons. The molecule has 1 atom stereocenters. The summed E-state index contributed by atoms with van der Waals surface area (Å²) in [6.45, 7) is 2.03. The number of amides is 2. The number of rotatable bonds is 7. The molecule has 0 aliphatic heterocycles. The summed E-state index contributed by atoms with van der Waals surface area (Å²) in [5, 5.41) is 2.65. The summed E-state index contributed by atoms with van der Waals surface area (Å²) in [5.74, 6) is -0.661. The summed E-state index contributed by atoms with van der Waals surface area (Å²) < 4.78 is 13.1. The molecule has 2 aromatic carbocycles. The van der Waals surface area contributed by atoms with Crippen LogP contribution in [0.5, 0.6) is 0 Å². The summed E-state index contributed by atoms with van der Waals surface area (Å²) in [6.07, 6.45) is 0.719. The standard InChI is InChI=1S/C20H23FN2O2/c1-3-19(24)23(14-16-9-11-17(21)12-10-16)18(20(25)22-2)13-15-7-5-4-6-8-15/h4-12,18H,3,13-14H2,1-2H3,(H,22,25)/t18-/m0/s1. The number of hydrogen-bond donors (Lipinski definition) is 1. The van der Waals surface area contributed by atoms with Crippen molar-refractivity contribution in [2.45, 2.75) is 32.4 Å². The number of halogens is 1. The molecule has 25 heavy (non-hydrogen) atoms. The van der Waals surface area contributed by atoms with Gasteiger partial charge < -0.3 is 10.2 Å². The van der Waals surface area contributed by atoms with E-state index in [1.807, 2.05) is 30.3 Å². The normalized spacial score (nSPS) is 11.6. The van der Waals surface area contributed by atoms with Gasteiger partial charge in [0.2, 0.25) is 11.8 Å². The molecule has 0 heterocycles. The van der Waals surface area contributed by atoms with Gasteiger partial charge >= 0.3 is 0 Å². The molecule has 0 bridgehead atoms. The van der Waals surface area contributed by atoms with Crippen molar-refractivity contribution in [3.8, 4) is 0 Å². The quantitative estimate of drug-likeness (QED) is 0.841. The zero-order chi connectivity index (χ0) is 18.2. The number of nitrogens with one attached hydrogen (secondary N) is 1. The highest BCUT2D eigenvalue weighted by Crippen LogP contribution is 2.16. The van der Waals surface area contributed by atoms with Crippen molar-refractivity contribution < 1.29 is 14.0 Å². The van der Waals surface area contributed by atoms with Gasteiger partial charge in [0.25, 0.3) is 0 Å². The number of likely N-dealkylation sites (N-methyl/N-ethyl adjacent to an activating group) is 1. The Bertz CT molecular complexity index is 701. The average molecular weight is 342 g/mol. The molecular formula is C20H23FN2O2. The molecule has 132 valence electrons. The van der Waals surface area contributed by atoms with Gasteiger partial charge in [0, 0.05) is 26.4 Å². The maximum atomic E-state index is 13.1. The van der Waals surface area contributed by atoms with E-state index in [-0.39, 0.29) is 24.2 Å². The molecule has 0 fully saturated rings. The van der Waals surface area contributed by atoms with E-state index >= 15 is 0 Å². The largest absolute Gasteiger partial charge is 0.357 e. The summed E-state index contributed by atoms with van der Waals surface area (Å²) in [7, 11) is 1.56. The predicted molar refractivity (Wildman–Crippen MR) is 95.2 cm³/mol. The fourth-order valence-electron chi connectivity index (χ4n) is 2.71. The molecular weight excluding hydrogens is 319 g/mol. The van der Waals surface area contributed by atoms with E-state index in [4.69, 9.17) is 0 Å². The monoisotopic (exact) mass is 342 g/mol. The van der Waals surface area contributed by atoms with Gasteiger partial charge in [-0.3, -0.25) is 9.59 Å². The molecule has 0 spiro atoms. The van der Waals surface area contributed by atoms with Crippen LogP contribution in [0.1, 0.15) is 24.5 Å². The van der Waals surface area contributed by atoms with Crippen LogP contribution in [0.4, 0.5) is 4.39 Å². The highest BCUT2D eigenvalue weighted by Gasteiger charge is 2.28. The lowest BCUT2D eigenvalue weighted by atomic mass is 10.0. The van der Waals surface area contributed by atoms with Crippen LogP contribution in [0.25, 0.3) is 0 Å². The lowest BCUT2D eigenvalue weighted by Gasteiger charge is -2.31. The SMILES string of the molecule is CCC(=O)N(Cc1ccc(F)cc1)[C@@H](Cc1ccccc1)C(=O)NC. The zero-order valence-corrected chi connectivity index (χ0v) is 14.5. The smallest absolute Gasteiger partial charge is 0.242 e. The summed E-state index contributed by atoms with van der Waals surface area (Å²) in [5.41, 5.74) is 1.76. The highest BCUT2D eigenvalue weighted by atomic mass is 19.1. The molecule has 4 nitrogen and oxygen atoms in total. The highest BCUT2D eigenvalue weighted by molar-refractivity contribution is 5.87. The first kappa shape index (κ1) is 18.6. The van der Waals surface area contributed by atoms with Crippen LogP contribution in [-0.2, 0) is 22.6 Å². The molecule has 0 aliphatic rings. The summed E-state index contributed by atoms with van der Waals surface area (Å²) in [6, 6.07) is 14.9. The van der Waals surface area contributed by atoms with Gasteiger partial charge in [0.1, 0.15) is 11.9 Å². The molecule has 2 aromatic rings. The van der Waals surface area contributed by atoms with Gasteiger partial charge in [0.15, 0.2) is 0 Å². The third-order valence-electron chi connectivity index (χ3n) is 4.09. The Hall–Kier alpha value is -2.69. The van der Waals surface area contributed by atoms with E-state index in [0.29, 0.717) is 12.8 Å². The van der Waals surface area contributed by atoms with Gasteiger partial charge in [-0.05, 0) is 23.3 Å². The Morgan fingerprint density at radius 1 is 1.04 bits per heavy atom.